The fraction of sp³-hybridized carbons (Fsp3) is 0.462. The number of carbonyl (C=O) groups is 1. The van der Waals surface area contributed by atoms with Crippen LogP contribution in [-0.2, 0) is 14.8 Å². The van der Waals surface area contributed by atoms with Gasteiger partial charge in [-0.3, -0.25) is 4.79 Å². The number of nitrogens with one attached hydrogen (secondary N) is 2. The molecule has 0 spiro atoms. The summed E-state index contributed by atoms with van der Waals surface area (Å²) in [4.78, 5) is 12.1. The zero-order valence-electron chi connectivity index (χ0n) is 12.4. The Balaban J connectivity index is 0.00000441. The molecule has 0 aromatic heterocycles. The SMILES string of the molecule is CC(C)C(NS(=O)(=O)c1ccc(Br)cc1)C(=O)NCCN.Cl. The van der Waals surface area contributed by atoms with Gasteiger partial charge in [-0.15, -0.1) is 12.4 Å². The Labute approximate surface area is 145 Å². The van der Waals surface area contributed by atoms with Crippen molar-refractivity contribution in [1.29, 1.82) is 0 Å². The second-order valence-corrected chi connectivity index (χ2v) is 7.51. The molecule has 4 N–H and O–H groups in total. The molecule has 22 heavy (non-hydrogen) atoms. The van der Waals surface area contributed by atoms with Crippen molar-refractivity contribution in [2.75, 3.05) is 13.1 Å². The molecule has 0 aliphatic rings. The van der Waals surface area contributed by atoms with E-state index in [0.29, 0.717) is 13.1 Å². The van der Waals surface area contributed by atoms with Crippen molar-refractivity contribution in [2.24, 2.45) is 11.7 Å². The van der Waals surface area contributed by atoms with Crippen molar-refractivity contribution >= 4 is 44.3 Å². The maximum atomic E-state index is 12.3. The van der Waals surface area contributed by atoms with E-state index in [9.17, 15) is 13.2 Å². The smallest absolute Gasteiger partial charge is 0.241 e. The molecule has 6 nitrogen and oxygen atoms in total. The van der Waals surface area contributed by atoms with E-state index in [-0.39, 0.29) is 29.1 Å². The van der Waals surface area contributed by atoms with Crippen LogP contribution in [0.1, 0.15) is 13.8 Å². The van der Waals surface area contributed by atoms with Crippen molar-refractivity contribution in [3.63, 3.8) is 0 Å². The average Bonchev–Trinajstić information content (AvgIpc) is 2.42. The molecule has 0 radical (unpaired) electrons. The van der Waals surface area contributed by atoms with Crippen LogP contribution in [0.25, 0.3) is 0 Å². The third-order valence-corrected chi connectivity index (χ3v) is 4.78. The van der Waals surface area contributed by atoms with Crippen molar-refractivity contribution in [3.8, 4) is 0 Å². The third kappa shape index (κ3) is 6.21. The van der Waals surface area contributed by atoms with Gasteiger partial charge in [0.15, 0.2) is 0 Å². The summed E-state index contributed by atoms with van der Waals surface area (Å²) in [7, 11) is -3.75. The fourth-order valence-corrected chi connectivity index (χ4v) is 3.25. The Morgan fingerprint density at radius 1 is 1.27 bits per heavy atom. The normalized spacial score (nSPS) is 12.6. The van der Waals surface area contributed by atoms with Crippen LogP contribution in [0.3, 0.4) is 0 Å². The first-order valence-electron chi connectivity index (χ1n) is 6.53. The maximum Gasteiger partial charge on any atom is 0.241 e. The van der Waals surface area contributed by atoms with Crippen molar-refractivity contribution in [3.05, 3.63) is 28.7 Å². The number of nitrogens with two attached hydrogens (primary N) is 1. The number of hydrogen-bond donors (Lipinski definition) is 3. The lowest BCUT2D eigenvalue weighted by molar-refractivity contribution is -0.123. The van der Waals surface area contributed by atoms with E-state index < -0.39 is 16.1 Å². The van der Waals surface area contributed by atoms with Crippen molar-refractivity contribution < 1.29 is 13.2 Å². The molecule has 126 valence electrons. The first-order valence-corrected chi connectivity index (χ1v) is 8.81. The Kier molecular flexibility index (Phi) is 9.18. The van der Waals surface area contributed by atoms with Gasteiger partial charge < -0.3 is 11.1 Å². The van der Waals surface area contributed by atoms with Gasteiger partial charge in [0.25, 0.3) is 0 Å². The van der Waals surface area contributed by atoms with Crippen LogP contribution >= 0.6 is 28.3 Å². The number of sulfonamides is 1. The highest BCUT2D eigenvalue weighted by Crippen LogP contribution is 2.16. The number of halogens is 2. The van der Waals surface area contributed by atoms with E-state index in [0.717, 1.165) is 4.47 Å². The number of benzene rings is 1. The molecular formula is C13H21BrClN3O3S. The summed E-state index contributed by atoms with van der Waals surface area (Å²) < 4.78 is 27.8. The van der Waals surface area contributed by atoms with Crippen LogP contribution in [-0.4, -0.2) is 33.5 Å². The van der Waals surface area contributed by atoms with Crippen molar-refractivity contribution in [2.45, 2.75) is 24.8 Å². The zero-order valence-corrected chi connectivity index (χ0v) is 15.6. The van der Waals surface area contributed by atoms with Gasteiger partial charge in [-0.1, -0.05) is 29.8 Å². The monoisotopic (exact) mass is 413 g/mol. The number of rotatable bonds is 7. The van der Waals surface area contributed by atoms with Gasteiger partial charge >= 0.3 is 0 Å². The molecule has 0 saturated heterocycles. The van der Waals surface area contributed by atoms with Gasteiger partial charge in [0.2, 0.25) is 15.9 Å². The predicted octanol–water partition coefficient (Wildman–Crippen LogP) is 1.25. The first-order chi connectivity index (χ1) is 9.77. The molecule has 1 rings (SSSR count). The Hall–Kier alpha value is -0.670. The molecule has 0 aliphatic heterocycles. The van der Waals surface area contributed by atoms with E-state index in [1.807, 2.05) is 0 Å². The fourth-order valence-electron chi connectivity index (χ4n) is 1.65. The van der Waals surface area contributed by atoms with Gasteiger partial charge in [-0.25, -0.2) is 8.42 Å². The topological polar surface area (TPSA) is 101 Å². The lowest BCUT2D eigenvalue weighted by Crippen LogP contribution is -2.50. The van der Waals surface area contributed by atoms with E-state index in [1.54, 1.807) is 26.0 Å². The van der Waals surface area contributed by atoms with Gasteiger partial charge in [0, 0.05) is 17.6 Å². The second kappa shape index (κ2) is 9.46. The molecule has 0 fully saturated rings. The predicted molar refractivity (Wildman–Crippen MR) is 92.4 cm³/mol. The second-order valence-electron chi connectivity index (χ2n) is 4.88. The minimum atomic E-state index is -3.75. The van der Waals surface area contributed by atoms with Gasteiger partial charge in [-0.2, -0.15) is 4.72 Å². The molecule has 1 aromatic rings. The summed E-state index contributed by atoms with van der Waals surface area (Å²) >= 11 is 3.25. The van der Waals surface area contributed by atoms with Crippen LogP contribution in [0, 0.1) is 5.92 Å². The van der Waals surface area contributed by atoms with Crippen LogP contribution < -0.4 is 15.8 Å². The van der Waals surface area contributed by atoms with Crippen LogP contribution in [0.15, 0.2) is 33.6 Å². The summed E-state index contributed by atoms with van der Waals surface area (Å²) in [6.07, 6.45) is 0. The maximum absolute atomic E-state index is 12.3. The first kappa shape index (κ1) is 21.3. The highest BCUT2D eigenvalue weighted by molar-refractivity contribution is 9.10. The summed E-state index contributed by atoms with van der Waals surface area (Å²) in [5.74, 6) is -0.566. The minimum absolute atomic E-state index is 0. The standard InChI is InChI=1S/C13H20BrN3O3S.ClH/c1-9(2)12(13(18)16-8-7-15)17-21(19,20)11-5-3-10(14)4-6-11;/h3-6,9,12,17H,7-8,15H2,1-2H3,(H,16,18);1H. The van der Waals surface area contributed by atoms with E-state index in [4.69, 9.17) is 5.73 Å². The molecule has 9 heteroatoms. The molecule has 1 aromatic carbocycles. The third-order valence-electron chi connectivity index (χ3n) is 2.80. The number of carbonyl (C=O) groups excluding carboxylic acids is 1. The summed E-state index contributed by atoms with van der Waals surface area (Å²) in [5, 5.41) is 2.60. The Morgan fingerprint density at radius 2 is 1.82 bits per heavy atom. The lowest BCUT2D eigenvalue weighted by atomic mass is 10.1. The lowest BCUT2D eigenvalue weighted by Gasteiger charge is -2.21. The van der Waals surface area contributed by atoms with Gasteiger partial charge in [0.1, 0.15) is 6.04 Å². The number of amides is 1. The summed E-state index contributed by atoms with van der Waals surface area (Å²) in [6.45, 7) is 4.16. The highest BCUT2D eigenvalue weighted by Gasteiger charge is 2.27. The van der Waals surface area contributed by atoms with Gasteiger partial charge in [0.05, 0.1) is 4.90 Å². The van der Waals surface area contributed by atoms with E-state index >= 15 is 0 Å². The van der Waals surface area contributed by atoms with Crippen molar-refractivity contribution in [1.82, 2.24) is 10.0 Å². The molecule has 0 heterocycles. The molecule has 1 amide bonds. The summed E-state index contributed by atoms with van der Waals surface area (Å²) in [6, 6.07) is 5.37. The van der Waals surface area contributed by atoms with E-state index in [2.05, 4.69) is 26.0 Å². The van der Waals surface area contributed by atoms with Crippen LogP contribution in [0.5, 0.6) is 0 Å². The highest BCUT2D eigenvalue weighted by atomic mass is 79.9. The molecule has 0 aliphatic carbocycles. The molecule has 0 bridgehead atoms. The summed E-state index contributed by atoms with van der Waals surface area (Å²) in [5.41, 5.74) is 5.33. The zero-order chi connectivity index (χ0) is 16.0. The molecular weight excluding hydrogens is 394 g/mol. The van der Waals surface area contributed by atoms with Crippen LogP contribution in [0.2, 0.25) is 0 Å². The molecule has 0 saturated carbocycles. The Morgan fingerprint density at radius 3 is 2.27 bits per heavy atom. The van der Waals surface area contributed by atoms with E-state index in [1.165, 1.54) is 12.1 Å². The van der Waals surface area contributed by atoms with Crippen LogP contribution in [0.4, 0.5) is 0 Å². The Bertz CT molecular complexity index is 579. The largest absolute Gasteiger partial charge is 0.353 e. The number of hydrogen-bond acceptors (Lipinski definition) is 4. The molecule has 1 atom stereocenters. The molecule has 1 unspecified atom stereocenters. The average molecular weight is 415 g/mol. The minimum Gasteiger partial charge on any atom is -0.353 e. The van der Waals surface area contributed by atoms with Gasteiger partial charge in [-0.05, 0) is 30.2 Å². The quantitative estimate of drug-likeness (QED) is 0.625.